The molecule has 2 aromatic rings. The largest absolute Gasteiger partial charge is 0.303 e. The van der Waals surface area contributed by atoms with Crippen molar-refractivity contribution in [3.05, 3.63) is 60.2 Å². The fourth-order valence-electron chi connectivity index (χ4n) is 1.62. The van der Waals surface area contributed by atoms with E-state index < -0.39 is 10.0 Å². The first-order chi connectivity index (χ1) is 9.12. The molecule has 0 amide bonds. The number of carbonyl (C=O) groups excluding carboxylic acids is 1. The molecule has 4 nitrogen and oxygen atoms in total. The Labute approximate surface area is 112 Å². The van der Waals surface area contributed by atoms with Crippen molar-refractivity contribution in [1.82, 2.24) is 0 Å². The van der Waals surface area contributed by atoms with Crippen molar-refractivity contribution in [2.45, 2.75) is 11.3 Å². The van der Waals surface area contributed by atoms with E-state index in [0.29, 0.717) is 5.69 Å². The maximum atomic E-state index is 12.1. The van der Waals surface area contributed by atoms with Gasteiger partial charge in [-0.05, 0) is 29.8 Å². The average molecular weight is 275 g/mol. The zero-order valence-electron chi connectivity index (χ0n) is 10.1. The van der Waals surface area contributed by atoms with Crippen LogP contribution in [0.2, 0.25) is 0 Å². The van der Waals surface area contributed by atoms with Gasteiger partial charge < -0.3 is 4.79 Å². The highest BCUT2D eigenvalue weighted by atomic mass is 32.2. The van der Waals surface area contributed by atoms with Crippen molar-refractivity contribution < 1.29 is 13.2 Å². The molecule has 5 heteroatoms. The molecule has 0 atom stereocenters. The SMILES string of the molecule is O=CCc1ccc(S(=O)(=O)Nc2ccccc2)cc1. The minimum absolute atomic E-state index is 0.172. The van der Waals surface area contributed by atoms with E-state index in [0.717, 1.165) is 11.8 Å². The quantitative estimate of drug-likeness (QED) is 0.851. The highest BCUT2D eigenvalue weighted by molar-refractivity contribution is 7.92. The van der Waals surface area contributed by atoms with Gasteiger partial charge in [-0.1, -0.05) is 30.3 Å². The summed E-state index contributed by atoms with van der Waals surface area (Å²) >= 11 is 0. The maximum Gasteiger partial charge on any atom is 0.261 e. The van der Waals surface area contributed by atoms with E-state index in [-0.39, 0.29) is 11.3 Å². The van der Waals surface area contributed by atoms with Crippen LogP contribution in [0.1, 0.15) is 5.56 Å². The van der Waals surface area contributed by atoms with Gasteiger partial charge in [-0.3, -0.25) is 4.72 Å². The molecule has 0 bridgehead atoms. The second-order valence-electron chi connectivity index (χ2n) is 3.99. The zero-order valence-corrected chi connectivity index (χ0v) is 10.9. The summed E-state index contributed by atoms with van der Waals surface area (Å²) in [6.07, 6.45) is 1.07. The van der Waals surface area contributed by atoms with Crippen molar-refractivity contribution >= 4 is 22.0 Å². The molecule has 0 saturated heterocycles. The lowest BCUT2D eigenvalue weighted by Crippen LogP contribution is -2.12. The van der Waals surface area contributed by atoms with Crippen molar-refractivity contribution in [3.8, 4) is 0 Å². The first-order valence-corrected chi connectivity index (χ1v) is 7.20. The van der Waals surface area contributed by atoms with Gasteiger partial charge in [-0.2, -0.15) is 0 Å². The Morgan fingerprint density at radius 3 is 2.16 bits per heavy atom. The monoisotopic (exact) mass is 275 g/mol. The summed E-state index contributed by atoms with van der Waals surface area (Å²) in [5, 5.41) is 0. The lowest BCUT2D eigenvalue weighted by atomic mass is 10.2. The molecule has 19 heavy (non-hydrogen) atoms. The van der Waals surface area contributed by atoms with Gasteiger partial charge in [0.2, 0.25) is 0 Å². The first-order valence-electron chi connectivity index (χ1n) is 5.72. The second-order valence-corrected chi connectivity index (χ2v) is 5.67. The number of hydrogen-bond acceptors (Lipinski definition) is 3. The molecule has 0 aliphatic rings. The van der Waals surface area contributed by atoms with Crippen LogP contribution >= 0.6 is 0 Å². The van der Waals surface area contributed by atoms with Gasteiger partial charge in [-0.25, -0.2) is 8.42 Å². The van der Waals surface area contributed by atoms with Crippen LogP contribution in [0.5, 0.6) is 0 Å². The molecule has 2 rings (SSSR count). The number of nitrogens with one attached hydrogen (secondary N) is 1. The third-order valence-corrected chi connectivity index (χ3v) is 3.98. The van der Waals surface area contributed by atoms with E-state index in [4.69, 9.17) is 0 Å². The maximum absolute atomic E-state index is 12.1. The molecule has 0 spiro atoms. The predicted octanol–water partition coefficient (Wildman–Crippen LogP) is 2.23. The average Bonchev–Trinajstić information content (AvgIpc) is 2.40. The van der Waals surface area contributed by atoms with E-state index in [1.54, 1.807) is 36.4 Å². The van der Waals surface area contributed by atoms with Crippen molar-refractivity contribution in [2.75, 3.05) is 4.72 Å². The van der Waals surface area contributed by atoms with Gasteiger partial charge >= 0.3 is 0 Å². The van der Waals surface area contributed by atoms with E-state index in [2.05, 4.69) is 4.72 Å². The molecule has 0 fully saturated rings. The Balaban J connectivity index is 2.22. The number of hydrogen-bond donors (Lipinski definition) is 1. The molecule has 0 saturated carbocycles. The lowest BCUT2D eigenvalue weighted by molar-refractivity contribution is -0.107. The predicted molar refractivity (Wildman–Crippen MR) is 73.5 cm³/mol. The summed E-state index contributed by atoms with van der Waals surface area (Å²) in [5.74, 6) is 0. The van der Waals surface area contributed by atoms with Gasteiger partial charge in [-0.15, -0.1) is 0 Å². The highest BCUT2D eigenvalue weighted by Gasteiger charge is 2.13. The Bertz CT molecular complexity index is 649. The van der Waals surface area contributed by atoms with Gasteiger partial charge in [0.1, 0.15) is 6.29 Å². The molecule has 0 heterocycles. The Morgan fingerprint density at radius 2 is 1.58 bits per heavy atom. The van der Waals surface area contributed by atoms with E-state index >= 15 is 0 Å². The number of carbonyl (C=O) groups is 1. The number of aldehydes is 1. The van der Waals surface area contributed by atoms with Gasteiger partial charge in [0.05, 0.1) is 4.90 Å². The van der Waals surface area contributed by atoms with Crippen LogP contribution < -0.4 is 4.72 Å². The third kappa shape index (κ3) is 3.42. The van der Waals surface area contributed by atoms with Crippen LogP contribution in [0.15, 0.2) is 59.5 Å². The number of benzene rings is 2. The molecule has 0 unspecified atom stereocenters. The van der Waals surface area contributed by atoms with Crippen molar-refractivity contribution in [2.24, 2.45) is 0 Å². The third-order valence-electron chi connectivity index (χ3n) is 2.58. The van der Waals surface area contributed by atoms with Crippen LogP contribution in [0.25, 0.3) is 0 Å². The minimum atomic E-state index is -3.58. The van der Waals surface area contributed by atoms with Gasteiger partial charge in [0.25, 0.3) is 10.0 Å². The molecule has 0 aromatic heterocycles. The topological polar surface area (TPSA) is 63.2 Å². The van der Waals surface area contributed by atoms with Gasteiger partial charge in [0.15, 0.2) is 0 Å². The number of sulfonamides is 1. The van der Waals surface area contributed by atoms with Crippen LogP contribution in [0.4, 0.5) is 5.69 Å². The minimum Gasteiger partial charge on any atom is -0.303 e. The molecule has 98 valence electrons. The summed E-state index contributed by atoms with van der Waals surface area (Å²) in [4.78, 5) is 10.5. The van der Waals surface area contributed by atoms with Gasteiger partial charge in [0, 0.05) is 12.1 Å². The standard InChI is InChI=1S/C14H13NO3S/c16-11-10-12-6-8-14(9-7-12)19(17,18)15-13-4-2-1-3-5-13/h1-9,11,15H,10H2. The first kappa shape index (κ1) is 13.3. The fourth-order valence-corrected chi connectivity index (χ4v) is 2.68. The summed E-state index contributed by atoms with van der Waals surface area (Å²) in [7, 11) is -3.58. The fraction of sp³-hybridized carbons (Fsp3) is 0.0714. The number of rotatable bonds is 5. The second kappa shape index (κ2) is 5.67. The van der Waals surface area contributed by atoms with Crippen LogP contribution in [-0.2, 0) is 21.2 Å². The molecule has 0 aliphatic heterocycles. The summed E-state index contributed by atoms with van der Waals surface area (Å²) in [6, 6.07) is 14.9. The molecular weight excluding hydrogens is 262 g/mol. The van der Waals surface area contributed by atoms with Crippen LogP contribution in [-0.4, -0.2) is 14.7 Å². The lowest BCUT2D eigenvalue weighted by Gasteiger charge is -2.08. The Kier molecular flexibility index (Phi) is 3.97. The van der Waals surface area contributed by atoms with E-state index in [1.165, 1.54) is 12.1 Å². The van der Waals surface area contributed by atoms with E-state index in [9.17, 15) is 13.2 Å². The smallest absolute Gasteiger partial charge is 0.261 e. The van der Waals surface area contributed by atoms with Crippen molar-refractivity contribution in [3.63, 3.8) is 0 Å². The molecular formula is C14H13NO3S. The molecule has 0 radical (unpaired) electrons. The zero-order chi connectivity index (χ0) is 13.7. The molecule has 1 N–H and O–H groups in total. The molecule has 2 aromatic carbocycles. The normalized spacial score (nSPS) is 10.9. The molecule has 0 aliphatic carbocycles. The van der Waals surface area contributed by atoms with E-state index in [1.807, 2.05) is 6.07 Å². The summed E-state index contributed by atoms with van der Waals surface area (Å²) in [6.45, 7) is 0. The number of anilines is 1. The highest BCUT2D eigenvalue weighted by Crippen LogP contribution is 2.16. The van der Waals surface area contributed by atoms with Crippen LogP contribution in [0.3, 0.4) is 0 Å². The summed E-state index contributed by atoms with van der Waals surface area (Å²) in [5.41, 5.74) is 1.30. The van der Waals surface area contributed by atoms with Crippen LogP contribution in [0, 0.1) is 0 Å². The van der Waals surface area contributed by atoms with Crippen molar-refractivity contribution in [1.29, 1.82) is 0 Å². The Hall–Kier alpha value is -2.14. The summed E-state index contributed by atoms with van der Waals surface area (Å²) < 4.78 is 26.7. The Morgan fingerprint density at radius 1 is 0.947 bits per heavy atom. The number of para-hydroxylation sites is 1.